The Morgan fingerprint density at radius 2 is 1.79 bits per heavy atom. The lowest BCUT2D eigenvalue weighted by Crippen LogP contribution is -2.20. The Bertz CT molecular complexity index is 1450. The molecule has 6 nitrogen and oxygen atoms in total. The largest absolute Gasteiger partial charge is 0.497 e. The fraction of sp³-hybridized carbons (Fsp3) is 0.0769. The highest BCUT2D eigenvalue weighted by molar-refractivity contribution is 7.19. The van der Waals surface area contributed by atoms with Crippen LogP contribution in [0.5, 0.6) is 17.2 Å². The van der Waals surface area contributed by atoms with Crippen LogP contribution in [0.25, 0.3) is 10.1 Å². The van der Waals surface area contributed by atoms with Crippen molar-refractivity contribution < 1.29 is 19.0 Å². The second kappa shape index (κ2) is 8.34. The van der Waals surface area contributed by atoms with E-state index in [4.69, 9.17) is 19.9 Å². The summed E-state index contributed by atoms with van der Waals surface area (Å²) in [6.45, 7) is 0. The summed E-state index contributed by atoms with van der Waals surface area (Å²) < 4.78 is 17.8. The molecular formula is C26H18N2O4S. The van der Waals surface area contributed by atoms with Gasteiger partial charge < -0.3 is 19.9 Å². The van der Waals surface area contributed by atoms with Gasteiger partial charge in [-0.05, 0) is 42.5 Å². The Kier molecular flexibility index (Phi) is 5.21. The number of esters is 1. The number of nitrogens with two attached hydrogens (primary N) is 1. The lowest BCUT2D eigenvalue weighted by Gasteiger charge is -2.25. The Morgan fingerprint density at radius 1 is 1.06 bits per heavy atom. The van der Waals surface area contributed by atoms with Gasteiger partial charge in [-0.1, -0.05) is 30.3 Å². The van der Waals surface area contributed by atoms with Crippen molar-refractivity contribution in [1.29, 1.82) is 5.26 Å². The van der Waals surface area contributed by atoms with Crippen LogP contribution < -0.4 is 19.9 Å². The van der Waals surface area contributed by atoms with Crippen molar-refractivity contribution in [3.05, 3.63) is 100 Å². The third-order valence-electron chi connectivity index (χ3n) is 5.48. The monoisotopic (exact) mass is 454 g/mol. The van der Waals surface area contributed by atoms with Gasteiger partial charge in [0.05, 0.1) is 23.5 Å². The molecule has 1 atom stereocenters. The molecule has 0 fully saturated rings. The fourth-order valence-corrected chi connectivity index (χ4v) is 5.15. The summed E-state index contributed by atoms with van der Waals surface area (Å²) in [5.41, 5.74) is 7.50. The Labute approximate surface area is 194 Å². The number of nitrogens with zero attached hydrogens (tertiary/aromatic N) is 1. The maximum atomic E-state index is 12.9. The molecule has 1 aliphatic heterocycles. The van der Waals surface area contributed by atoms with E-state index < -0.39 is 11.9 Å². The van der Waals surface area contributed by atoms with E-state index in [2.05, 4.69) is 6.07 Å². The zero-order valence-electron chi connectivity index (χ0n) is 17.6. The Morgan fingerprint density at radius 3 is 2.55 bits per heavy atom. The number of fused-ring (bicyclic) bond motifs is 3. The minimum Gasteiger partial charge on any atom is -0.497 e. The third-order valence-corrected chi connectivity index (χ3v) is 6.70. The number of carbonyl (C=O) groups is 1. The highest BCUT2D eigenvalue weighted by Crippen LogP contribution is 2.51. The van der Waals surface area contributed by atoms with Gasteiger partial charge in [-0.2, -0.15) is 5.26 Å². The number of benzene rings is 3. The Balaban J connectivity index is 1.60. The molecule has 1 unspecified atom stereocenters. The molecule has 1 aliphatic rings. The summed E-state index contributed by atoms with van der Waals surface area (Å²) in [7, 11) is 1.56. The quantitative estimate of drug-likeness (QED) is 0.330. The first-order valence-electron chi connectivity index (χ1n) is 10.1. The van der Waals surface area contributed by atoms with Crippen LogP contribution in [-0.2, 0) is 0 Å². The van der Waals surface area contributed by atoms with Crippen LogP contribution in [0.1, 0.15) is 26.7 Å². The molecule has 162 valence electrons. The molecule has 33 heavy (non-hydrogen) atoms. The molecule has 0 saturated heterocycles. The predicted molar refractivity (Wildman–Crippen MR) is 126 cm³/mol. The van der Waals surface area contributed by atoms with E-state index >= 15 is 0 Å². The maximum Gasteiger partial charge on any atom is 0.343 e. The number of carbonyl (C=O) groups excluding carboxylic acids is 1. The Hall–Kier alpha value is -4.28. The van der Waals surface area contributed by atoms with Crippen LogP contribution in [0.4, 0.5) is 0 Å². The maximum absolute atomic E-state index is 12.9. The van der Waals surface area contributed by atoms with Crippen LogP contribution >= 0.6 is 11.3 Å². The lowest BCUT2D eigenvalue weighted by molar-refractivity contribution is 0.0733. The smallest absolute Gasteiger partial charge is 0.343 e. The number of allylic oxidation sites excluding steroid dienone is 1. The number of hydrogen-bond acceptors (Lipinski definition) is 7. The van der Waals surface area contributed by atoms with Crippen molar-refractivity contribution in [3.8, 4) is 23.3 Å². The number of nitriles is 1. The molecule has 0 amide bonds. The van der Waals surface area contributed by atoms with Crippen molar-refractivity contribution in [2.24, 2.45) is 5.73 Å². The van der Waals surface area contributed by atoms with Gasteiger partial charge in [0.2, 0.25) is 5.88 Å². The van der Waals surface area contributed by atoms with Crippen LogP contribution in [-0.4, -0.2) is 13.1 Å². The summed E-state index contributed by atoms with van der Waals surface area (Å²) in [4.78, 5) is 13.7. The minimum atomic E-state index is -0.518. The van der Waals surface area contributed by atoms with E-state index in [9.17, 15) is 10.1 Å². The second-order valence-corrected chi connectivity index (χ2v) is 8.46. The van der Waals surface area contributed by atoms with E-state index in [0.717, 1.165) is 15.0 Å². The van der Waals surface area contributed by atoms with Crippen LogP contribution in [0, 0.1) is 11.3 Å². The average Bonchev–Trinajstić information content (AvgIpc) is 3.22. The van der Waals surface area contributed by atoms with Crippen molar-refractivity contribution in [1.82, 2.24) is 0 Å². The highest BCUT2D eigenvalue weighted by atomic mass is 32.1. The SMILES string of the molecule is COc1ccc(C(=O)Oc2ccccc2C2C(C#N)=C(N)Oc3c2sc2ccccc32)cc1. The van der Waals surface area contributed by atoms with Gasteiger partial charge in [0, 0.05) is 15.6 Å². The molecule has 1 aromatic heterocycles. The lowest BCUT2D eigenvalue weighted by atomic mass is 9.87. The number of thiophene rings is 1. The fourth-order valence-electron chi connectivity index (χ4n) is 3.89. The minimum absolute atomic E-state index is 0.0508. The van der Waals surface area contributed by atoms with Gasteiger partial charge in [0.15, 0.2) is 5.75 Å². The van der Waals surface area contributed by atoms with Crippen LogP contribution in [0.15, 0.2) is 84.3 Å². The van der Waals surface area contributed by atoms with Gasteiger partial charge >= 0.3 is 5.97 Å². The van der Waals surface area contributed by atoms with E-state index in [-0.39, 0.29) is 11.5 Å². The van der Waals surface area contributed by atoms with E-state index in [1.807, 2.05) is 36.4 Å². The number of para-hydroxylation sites is 1. The first-order valence-corrected chi connectivity index (χ1v) is 11.0. The van der Waals surface area contributed by atoms with Crippen LogP contribution in [0.3, 0.4) is 0 Å². The molecule has 0 spiro atoms. The topological polar surface area (TPSA) is 94.6 Å². The summed E-state index contributed by atoms with van der Waals surface area (Å²) in [6.07, 6.45) is 0. The molecule has 2 heterocycles. The molecule has 3 aromatic carbocycles. The molecule has 0 saturated carbocycles. The van der Waals surface area contributed by atoms with Crippen molar-refractivity contribution >= 4 is 27.4 Å². The van der Waals surface area contributed by atoms with Crippen LogP contribution in [0.2, 0.25) is 0 Å². The van der Waals surface area contributed by atoms with Gasteiger partial charge in [-0.3, -0.25) is 0 Å². The predicted octanol–water partition coefficient (Wildman–Crippen LogP) is 5.35. The second-order valence-electron chi connectivity index (χ2n) is 7.37. The molecule has 5 rings (SSSR count). The average molecular weight is 455 g/mol. The van der Waals surface area contributed by atoms with E-state index in [1.54, 1.807) is 43.5 Å². The standard InChI is InChI=1S/C26H18N2O4S/c1-30-16-12-10-15(11-13-16)26(29)31-20-8-4-2-6-17(20)22-19(14-27)25(28)32-23-18-7-3-5-9-21(18)33-24(22)23/h2-13,22H,28H2,1H3. The number of rotatable bonds is 4. The third kappa shape index (κ3) is 3.56. The first kappa shape index (κ1) is 20.6. The van der Waals surface area contributed by atoms with Gasteiger partial charge in [-0.25, -0.2) is 4.79 Å². The summed E-state index contributed by atoms with van der Waals surface area (Å²) in [6, 6.07) is 23.9. The molecule has 0 radical (unpaired) electrons. The number of ether oxygens (including phenoxy) is 3. The first-order chi connectivity index (χ1) is 16.1. The van der Waals surface area contributed by atoms with Gasteiger partial charge in [-0.15, -0.1) is 11.3 Å². The molecular weight excluding hydrogens is 436 g/mol. The van der Waals surface area contributed by atoms with Gasteiger partial charge in [0.25, 0.3) is 0 Å². The summed E-state index contributed by atoms with van der Waals surface area (Å²) >= 11 is 1.53. The normalized spacial score (nSPS) is 14.8. The van der Waals surface area contributed by atoms with Crippen molar-refractivity contribution in [2.75, 3.05) is 7.11 Å². The molecule has 2 N–H and O–H groups in total. The molecule has 0 bridgehead atoms. The number of methoxy groups -OCH3 is 1. The molecule has 0 aliphatic carbocycles. The van der Waals surface area contributed by atoms with Gasteiger partial charge in [0.1, 0.15) is 23.1 Å². The van der Waals surface area contributed by atoms with Crippen molar-refractivity contribution in [3.63, 3.8) is 0 Å². The zero-order valence-corrected chi connectivity index (χ0v) is 18.4. The van der Waals surface area contributed by atoms with E-state index in [1.165, 1.54) is 11.3 Å². The number of hydrogen-bond donors (Lipinski definition) is 1. The molecule has 7 heteroatoms. The molecule has 4 aromatic rings. The summed E-state index contributed by atoms with van der Waals surface area (Å²) in [5, 5.41) is 10.8. The zero-order chi connectivity index (χ0) is 22.9. The van der Waals surface area contributed by atoms with Crippen molar-refractivity contribution in [2.45, 2.75) is 5.92 Å². The van der Waals surface area contributed by atoms with E-state index in [0.29, 0.717) is 28.4 Å². The highest BCUT2D eigenvalue weighted by Gasteiger charge is 2.35. The summed E-state index contributed by atoms with van der Waals surface area (Å²) in [5.74, 6) is 0.656.